The van der Waals surface area contributed by atoms with E-state index in [9.17, 15) is 17.6 Å². The Morgan fingerprint density at radius 2 is 1.08 bits per heavy atom. The maximum Gasteiger partial charge on any atom is 0.278 e. The Kier molecular flexibility index (Phi) is 4.46. The molecular weight excluding hydrogens is 176 g/mol. The summed E-state index contributed by atoms with van der Waals surface area (Å²) in [6.45, 7) is 2.04. The van der Waals surface area contributed by atoms with Gasteiger partial charge in [0.25, 0.3) is 12.9 Å². The molecule has 0 aromatic rings. The summed E-state index contributed by atoms with van der Waals surface area (Å²) in [4.78, 5) is 0. The maximum atomic E-state index is 11.7. The third-order valence-electron chi connectivity index (χ3n) is 0.997. The Morgan fingerprint density at radius 3 is 1.25 bits per heavy atom. The highest BCUT2D eigenvalue weighted by Gasteiger charge is 2.08. The van der Waals surface area contributed by atoms with Crippen LogP contribution in [0.15, 0.2) is 10.2 Å². The van der Waals surface area contributed by atoms with Crippen molar-refractivity contribution in [1.29, 1.82) is 0 Å². The molecule has 0 aliphatic heterocycles. The van der Waals surface area contributed by atoms with Crippen molar-refractivity contribution in [1.82, 2.24) is 0 Å². The molecule has 0 aliphatic rings. The molecule has 0 radical (unpaired) electrons. The van der Waals surface area contributed by atoms with Crippen LogP contribution in [-0.4, -0.2) is 24.3 Å². The van der Waals surface area contributed by atoms with E-state index in [1.54, 1.807) is 0 Å². The van der Waals surface area contributed by atoms with Crippen molar-refractivity contribution in [3.8, 4) is 0 Å². The van der Waals surface area contributed by atoms with Crippen LogP contribution >= 0.6 is 0 Å². The van der Waals surface area contributed by atoms with Gasteiger partial charge in [-0.15, -0.1) is 0 Å². The molecule has 70 valence electrons. The number of nitrogens with zero attached hydrogens (tertiary/aromatic N) is 2. The highest BCUT2D eigenvalue weighted by Crippen LogP contribution is 1.99. The van der Waals surface area contributed by atoms with Crippen molar-refractivity contribution < 1.29 is 17.6 Å². The summed E-state index contributed by atoms with van der Waals surface area (Å²) in [6.07, 6.45) is -5.50. The minimum atomic E-state index is -2.75. The van der Waals surface area contributed by atoms with Gasteiger partial charge in [0.15, 0.2) is 0 Å². The van der Waals surface area contributed by atoms with Gasteiger partial charge in [-0.05, 0) is 13.8 Å². The molecule has 12 heavy (non-hydrogen) atoms. The molecule has 0 aromatic carbocycles. The third kappa shape index (κ3) is 4.05. The van der Waals surface area contributed by atoms with Gasteiger partial charge in [-0.2, -0.15) is 10.2 Å². The fraction of sp³-hybridized carbons (Fsp3) is 0.667. The summed E-state index contributed by atoms with van der Waals surface area (Å²) in [7, 11) is 0. The zero-order valence-corrected chi connectivity index (χ0v) is 6.56. The molecule has 6 heteroatoms. The highest BCUT2D eigenvalue weighted by atomic mass is 19.3. The molecule has 0 unspecified atom stereocenters. The number of rotatable bonds is 3. The highest BCUT2D eigenvalue weighted by molar-refractivity contribution is 5.88. The summed E-state index contributed by atoms with van der Waals surface area (Å²) in [5.41, 5.74) is -1.15. The SMILES string of the molecule is C/C(=N\N=C(/C)C(F)F)C(F)F. The quantitative estimate of drug-likeness (QED) is 0.365. The summed E-state index contributed by atoms with van der Waals surface area (Å²) in [5, 5.41) is 5.84. The second-order valence-electron chi connectivity index (χ2n) is 2.08. The van der Waals surface area contributed by atoms with Gasteiger partial charge in [0.05, 0.1) is 0 Å². The first kappa shape index (κ1) is 11.1. The molecule has 0 aliphatic carbocycles. The van der Waals surface area contributed by atoms with Crippen LogP contribution in [-0.2, 0) is 0 Å². The number of hydrogen-bond donors (Lipinski definition) is 0. The van der Waals surface area contributed by atoms with Crippen LogP contribution in [0, 0.1) is 0 Å². The van der Waals surface area contributed by atoms with Gasteiger partial charge in [-0.1, -0.05) is 0 Å². The van der Waals surface area contributed by atoms with Gasteiger partial charge in [-0.25, -0.2) is 17.6 Å². The van der Waals surface area contributed by atoms with Gasteiger partial charge >= 0.3 is 0 Å². The molecule has 0 heterocycles. The fourth-order valence-electron chi connectivity index (χ4n) is 0.245. The van der Waals surface area contributed by atoms with Crippen LogP contribution in [0.5, 0.6) is 0 Å². The molecule has 0 bridgehead atoms. The van der Waals surface area contributed by atoms with Crippen molar-refractivity contribution in [3.63, 3.8) is 0 Å². The van der Waals surface area contributed by atoms with Crippen LogP contribution in [0.3, 0.4) is 0 Å². The van der Waals surface area contributed by atoms with Gasteiger partial charge in [0, 0.05) is 0 Å². The maximum absolute atomic E-state index is 11.7. The second-order valence-corrected chi connectivity index (χ2v) is 2.08. The van der Waals surface area contributed by atoms with E-state index in [2.05, 4.69) is 10.2 Å². The second kappa shape index (κ2) is 4.84. The molecule has 2 nitrogen and oxygen atoms in total. The summed E-state index contributed by atoms with van der Waals surface area (Å²) >= 11 is 0. The van der Waals surface area contributed by atoms with Crippen molar-refractivity contribution in [2.24, 2.45) is 10.2 Å². The van der Waals surface area contributed by atoms with Crippen LogP contribution in [0.4, 0.5) is 17.6 Å². The lowest BCUT2D eigenvalue weighted by Gasteiger charge is -1.95. The number of hydrogen-bond acceptors (Lipinski definition) is 2. The van der Waals surface area contributed by atoms with Crippen LogP contribution in [0.25, 0.3) is 0 Å². The monoisotopic (exact) mass is 184 g/mol. The molecule has 0 fully saturated rings. The first-order chi connectivity index (χ1) is 5.45. The van der Waals surface area contributed by atoms with E-state index in [1.807, 2.05) is 0 Å². The van der Waals surface area contributed by atoms with Gasteiger partial charge < -0.3 is 0 Å². The average molecular weight is 184 g/mol. The lowest BCUT2D eigenvalue weighted by molar-refractivity contribution is 0.222. The minimum Gasteiger partial charge on any atom is -0.204 e. The Labute approximate surface area is 67.0 Å². The predicted octanol–water partition coefficient (Wildman–Crippen LogP) is 2.35. The molecule has 0 saturated carbocycles. The number of alkyl halides is 4. The van der Waals surface area contributed by atoms with Gasteiger partial charge in [-0.3, -0.25) is 0 Å². The topological polar surface area (TPSA) is 24.7 Å². The standard InChI is InChI=1S/C6H8F4N2/c1-3(5(7)8)11-12-4(2)6(9)10/h5-6H,1-2H3/b11-3+,12-4+. The van der Waals surface area contributed by atoms with Crippen molar-refractivity contribution >= 4 is 11.4 Å². The smallest absolute Gasteiger partial charge is 0.204 e. The largest absolute Gasteiger partial charge is 0.278 e. The summed E-state index contributed by atoms with van der Waals surface area (Å²) in [5.74, 6) is 0. The van der Waals surface area contributed by atoms with E-state index in [0.29, 0.717) is 0 Å². The van der Waals surface area contributed by atoms with E-state index in [4.69, 9.17) is 0 Å². The Bertz CT molecular complexity index is 176. The Balaban J connectivity index is 4.27. The number of halogens is 4. The van der Waals surface area contributed by atoms with Gasteiger partial charge in [0.1, 0.15) is 11.4 Å². The zero-order valence-electron chi connectivity index (χ0n) is 6.56. The molecule has 0 aromatic heterocycles. The molecule has 0 rings (SSSR count). The summed E-state index contributed by atoms with van der Waals surface area (Å²) < 4.78 is 46.8. The van der Waals surface area contributed by atoms with Crippen molar-refractivity contribution in [2.45, 2.75) is 26.7 Å². The molecular formula is C6H8F4N2. The van der Waals surface area contributed by atoms with E-state index < -0.39 is 24.3 Å². The predicted molar refractivity (Wildman–Crippen MR) is 38.2 cm³/mol. The summed E-state index contributed by atoms with van der Waals surface area (Å²) in [6, 6.07) is 0. The molecule has 0 atom stereocenters. The van der Waals surface area contributed by atoms with E-state index >= 15 is 0 Å². The lowest BCUT2D eigenvalue weighted by Crippen LogP contribution is -2.07. The lowest BCUT2D eigenvalue weighted by atomic mass is 10.4. The normalized spacial score (nSPS) is 14.7. The third-order valence-corrected chi connectivity index (χ3v) is 0.997. The Morgan fingerprint density at radius 1 is 0.833 bits per heavy atom. The van der Waals surface area contributed by atoms with E-state index in [0.717, 1.165) is 13.8 Å². The van der Waals surface area contributed by atoms with Gasteiger partial charge in [0.2, 0.25) is 0 Å². The molecule has 0 spiro atoms. The van der Waals surface area contributed by atoms with Crippen LogP contribution < -0.4 is 0 Å². The average Bonchev–Trinajstić information content (AvgIpc) is 1.98. The van der Waals surface area contributed by atoms with Crippen molar-refractivity contribution in [3.05, 3.63) is 0 Å². The fourth-order valence-corrected chi connectivity index (χ4v) is 0.245. The van der Waals surface area contributed by atoms with E-state index in [1.165, 1.54) is 0 Å². The first-order valence-electron chi connectivity index (χ1n) is 3.10. The molecule has 0 N–H and O–H groups in total. The van der Waals surface area contributed by atoms with E-state index in [-0.39, 0.29) is 0 Å². The first-order valence-corrected chi connectivity index (χ1v) is 3.10. The Hall–Kier alpha value is -0.940. The molecule has 0 saturated heterocycles. The van der Waals surface area contributed by atoms with Crippen LogP contribution in [0.1, 0.15) is 13.8 Å². The zero-order chi connectivity index (χ0) is 9.72. The van der Waals surface area contributed by atoms with Crippen molar-refractivity contribution in [2.75, 3.05) is 0 Å². The minimum absolute atomic E-state index is 0.574. The molecule has 0 amide bonds. The van der Waals surface area contributed by atoms with Crippen LogP contribution in [0.2, 0.25) is 0 Å².